The van der Waals surface area contributed by atoms with Gasteiger partial charge in [0, 0.05) is 25.3 Å². The molecule has 0 radical (unpaired) electrons. The van der Waals surface area contributed by atoms with Crippen molar-refractivity contribution in [2.45, 2.75) is 39.3 Å². The third-order valence-electron chi connectivity index (χ3n) is 1.99. The number of halogens is 3. The van der Waals surface area contributed by atoms with E-state index >= 15 is 0 Å². The molecule has 0 amide bonds. The third-order valence-corrected chi connectivity index (χ3v) is 1.99. The van der Waals surface area contributed by atoms with Crippen LogP contribution in [0.15, 0.2) is 12.5 Å². The van der Waals surface area contributed by atoms with Crippen LogP contribution in [-0.4, -0.2) is 28.6 Å². The van der Waals surface area contributed by atoms with Crippen LogP contribution in [0.2, 0.25) is 0 Å². The Morgan fingerprint density at radius 3 is 2.76 bits per heavy atom. The van der Waals surface area contributed by atoms with Gasteiger partial charge in [0.05, 0.1) is 18.6 Å². The Kier molecular flexibility index (Phi) is 4.95. The molecule has 0 aliphatic heterocycles. The summed E-state index contributed by atoms with van der Waals surface area (Å²) in [5.74, 6) is 0. The molecule has 0 aliphatic rings. The Morgan fingerprint density at radius 2 is 2.18 bits per heavy atom. The normalized spacial score (nSPS) is 12.4. The molecule has 1 aromatic heterocycles. The summed E-state index contributed by atoms with van der Waals surface area (Å²) in [6.45, 7) is 4.35. The van der Waals surface area contributed by atoms with Gasteiger partial charge in [-0.3, -0.25) is 4.74 Å². The Bertz CT molecular complexity index is 336. The summed E-state index contributed by atoms with van der Waals surface area (Å²) < 4.78 is 40.4. The summed E-state index contributed by atoms with van der Waals surface area (Å²) >= 11 is 0. The van der Waals surface area contributed by atoms with E-state index in [-0.39, 0.29) is 6.54 Å². The lowest BCUT2D eigenvalue weighted by atomic mass is 10.3. The van der Waals surface area contributed by atoms with Crippen LogP contribution in [0, 0.1) is 0 Å². The molecule has 0 bridgehead atoms. The molecule has 7 heteroatoms. The van der Waals surface area contributed by atoms with Gasteiger partial charge in [-0.1, -0.05) is 13.8 Å². The number of alkyl halides is 3. The van der Waals surface area contributed by atoms with Crippen molar-refractivity contribution in [2.75, 3.05) is 6.61 Å². The number of imidazole rings is 1. The zero-order chi connectivity index (χ0) is 12.9. The Labute approximate surface area is 97.8 Å². The number of nitrogens with zero attached hydrogens (tertiary/aromatic N) is 2. The monoisotopic (exact) mass is 251 g/mol. The van der Waals surface area contributed by atoms with E-state index in [9.17, 15) is 13.2 Å². The molecule has 0 fully saturated rings. The Hall–Kier alpha value is -1.08. The standard InChI is InChI=1S/C10H16F3N3O/c1-8(2)14-5-9-6-16(7-15-9)3-4-17-10(11,12)13/h6-8,14H,3-5H2,1-2H3. The van der Waals surface area contributed by atoms with Gasteiger partial charge < -0.3 is 9.88 Å². The summed E-state index contributed by atoms with van der Waals surface area (Å²) in [6, 6.07) is 0.341. The molecule has 0 saturated carbocycles. The summed E-state index contributed by atoms with van der Waals surface area (Å²) in [5.41, 5.74) is 0.797. The topological polar surface area (TPSA) is 39.1 Å². The molecule has 0 saturated heterocycles. The van der Waals surface area contributed by atoms with Crippen molar-refractivity contribution in [3.8, 4) is 0 Å². The predicted octanol–water partition coefficient (Wildman–Crippen LogP) is 1.92. The number of hydrogen-bond acceptors (Lipinski definition) is 3. The van der Waals surface area contributed by atoms with E-state index in [1.807, 2.05) is 13.8 Å². The summed E-state index contributed by atoms with van der Waals surface area (Å²) in [5, 5.41) is 3.17. The van der Waals surface area contributed by atoms with Crippen molar-refractivity contribution >= 4 is 0 Å². The van der Waals surface area contributed by atoms with Crippen LogP contribution < -0.4 is 5.32 Å². The van der Waals surface area contributed by atoms with E-state index in [4.69, 9.17) is 0 Å². The molecular weight excluding hydrogens is 235 g/mol. The quantitative estimate of drug-likeness (QED) is 0.839. The minimum absolute atomic E-state index is 0.133. The van der Waals surface area contributed by atoms with Gasteiger partial charge in [0.15, 0.2) is 0 Å². The van der Waals surface area contributed by atoms with Gasteiger partial charge in [-0.15, -0.1) is 13.2 Å². The lowest BCUT2D eigenvalue weighted by Gasteiger charge is -2.07. The average Bonchev–Trinajstić information content (AvgIpc) is 2.61. The fourth-order valence-electron chi connectivity index (χ4n) is 1.20. The number of hydrogen-bond donors (Lipinski definition) is 1. The second-order valence-corrected chi connectivity index (χ2v) is 3.93. The molecule has 1 aromatic rings. The van der Waals surface area contributed by atoms with Crippen molar-refractivity contribution in [2.24, 2.45) is 0 Å². The highest BCUT2D eigenvalue weighted by molar-refractivity contribution is 4.96. The number of nitrogens with one attached hydrogen (secondary N) is 1. The van der Waals surface area contributed by atoms with Crippen molar-refractivity contribution in [1.82, 2.24) is 14.9 Å². The largest absolute Gasteiger partial charge is 0.522 e. The first-order chi connectivity index (χ1) is 7.87. The summed E-state index contributed by atoms with van der Waals surface area (Å²) in [7, 11) is 0. The van der Waals surface area contributed by atoms with Crippen LogP contribution in [0.5, 0.6) is 0 Å². The van der Waals surface area contributed by atoms with Crippen LogP contribution in [0.3, 0.4) is 0 Å². The predicted molar refractivity (Wildman–Crippen MR) is 56.2 cm³/mol. The van der Waals surface area contributed by atoms with Crippen LogP contribution in [0.1, 0.15) is 19.5 Å². The third kappa shape index (κ3) is 6.28. The molecule has 4 nitrogen and oxygen atoms in total. The molecule has 1 rings (SSSR count). The molecule has 17 heavy (non-hydrogen) atoms. The van der Waals surface area contributed by atoms with Gasteiger partial charge >= 0.3 is 6.36 Å². The smallest absolute Gasteiger partial charge is 0.335 e. The van der Waals surface area contributed by atoms with Gasteiger partial charge in [-0.05, 0) is 0 Å². The van der Waals surface area contributed by atoms with E-state index in [0.29, 0.717) is 12.6 Å². The molecule has 1 N–H and O–H groups in total. The molecule has 1 heterocycles. The highest BCUT2D eigenvalue weighted by atomic mass is 19.4. The maximum Gasteiger partial charge on any atom is 0.522 e. The van der Waals surface area contributed by atoms with Gasteiger partial charge in [0.2, 0.25) is 0 Å². The molecular formula is C10H16F3N3O. The van der Waals surface area contributed by atoms with Gasteiger partial charge in [-0.2, -0.15) is 0 Å². The zero-order valence-corrected chi connectivity index (χ0v) is 9.79. The fraction of sp³-hybridized carbons (Fsp3) is 0.700. The molecule has 98 valence electrons. The van der Waals surface area contributed by atoms with Crippen LogP contribution in [-0.2, 0) is 17.8 Å². The minimum Gasteiger partial charge on any atom is -0.335 e. The zero-order valence-electron chi connectivity index (χ0n) is 9.79. The van der Waals surface area contributed by atoms with Gasteiger partial charge in [-0.25, -0.2) is 4.98 Å². The minimum atomic E-state index is -4.57. The lowest BCUT2D eigenvalue weighted by molar-refractivity contribution is -0.325. The van der Waals surface area contributed by atoms with Crippen LogP contribution in [0.4, 0.5) is 13.2 Å². The van der Waals surface area contributed by atoms with Crippen LogP contribution in [0.25, 0.3) is 0 Å². The number of aromatic nitrogens is 2. The number of ether oxygens (including phenoxy) is 1. The average molecular weight is 251 g/mol. The number of rotatable bonds is 6. The molecule has 0 spiro atoms. The highest BCUT2D eigenvalue weighted by Crippen LogP contribution is 2.15. The van der Waals surface area contributed by atoms with Gasteiger partial charge in [0.1, 0.15) is 0 Å². The lowest BCUT2D eigenvalue weighted by Crippen LogP contribution is -2.22. The summed E-state index contributed by atoms with van der Waals surface area (Å²) in [4.78, 5) is 4.07. The van der Waals surface area contributed by atoms with Crippen molar-refractivity contribution < 1.29 is 17.9 Å². The molecule has 0 aromatic carbocycles. The summed E-state index contributed by atoms with van der Waals surface area (Å²) in [6.07, 6.45) is -1.37. The molecule has 0 aliphatic carbocycles. The first kappa shape index (κ1) is 14.0. The second-order valence-electron chi connectivity index (χ2n) is 3.93. The van der Waals surface area contributed by atoms with E-state index in [2.05, 4.69) is 15.0 Å². The van der Waals surface area contributed by atoms with E-state index in [1.54, 1.807) is 10.8 Å². The second kappa shape index (κ2) is 6.02. The van der Waals surface area contributed by atoms with Crippen LogP contribution >= 0.6 is 0 Å². The fourth-order valence-corrected chi connectivity index (χ4v) is 1.20. The Balaban J connectivity index is 2.31. The van der Waals surface area contributed by atoms with E-state index in [0.717, 1.165) is 5.69 Å². The van der Waals surface area contributed by atoms with Gasteiger partial charge in [0.25, 0.3) is 0 Å². The SMILES string of the molecule is CC(C)NCc1cn(CCOC(F)(F)F)cn1. The Morgan fingerprint density at radius 1 is 1.47 bits per heavy atom. The molecule has 0 atom stereocenters. The first-order valence-corrected chi connectivity index (χ1v) is 5.31. The van der Waals surface area contributed by atoms with Crippen molar-refractivity contribution in [3.05, 3.63) is 18.2 Å². The van der Waals surface area contributed by atoms with Crippen molar-refractivity contribution in [3.63, 3.8) is 0 Å². The maximum atomic E-state index is 11.7. The maximum absolute atomic E-state index is 11.7. The molecule has 0 unspecified atom stereocenters. The van der Waals surface area contributed by atoms with E-state index < -0.39 is 13.0 Å². The first-order valence-electron chi connectivity index (χ1n) is 5.31. The highest BCUT2D eigenvalue weighted by Gasteiger charge is 2.28. The van der Waals surface area contributed by atoms with Crippen molar-refractivity contribution in [1.29, 1.82) is 0 Å². The van der Waals surface area contributed by atoms with E-state index in [1.165, 1.54) is 6.33 Å².